The minimum absolute atomic E-state index is 0.0618. The fourth-order valence-corrected chi connectivity index (χ4v) is 2.12. The number of para-hydroxylation sites is 1. The van der Waals surface area contributed by atoms with Crippen molar-refractivity contribution in [1.82, 2.24) is 5.43 Å². The summed E-state index contributed by atoms with van der Waals surface area (Å²) >= 11 is 0. The largest absolute Gasteiger partial charge is 0.484 e. The van der Waals surface area contributed by atoms with Gasteiger partial charge in [-0.15, -0.1) is 0 Å². The van der Waals surface area contributed by atoms with Crippen molar-refractivity contribution in [3.8, 4) is 5.75 Å². The van der Waals surface area contributed by atoms with Gasteiger partial charge < -0.3 is 4.74 Å². The Balaban J connectivity index is 1.91. The number of hydrazone groups is 1. The van der Waals surface area contributed by atoms with E-state index in [1.54, 1.807) is 12.1 Å². The molecule has 114 valence electrons. The number of hydrogen-bond acceptors (Lipinski definition) is 3. The summed E-state index contributed by atoms with van der Waals surface area (Å²) in [5.41, 5.74) is 6.65. The van der Waals surface area contributed by atoms with Crippen LogP contribution in [0.25, 0.3) is 0 Å². The van der Waals surface area contributed by atoms with Crippen molar-refractivity contribution in [3.05, 3.63) is 65.2 Å². The minimum Gasteiger partial charge on any atom is -0.484 e. The van der Waals surface area contributed by atoms with Crippen molar-refractivity contribution in [2.75, 3.05) is 6.61 Å². The van der Waals surface area contributed by atoms with Gasteiger partial charge in [-0.3, -0.25) is 4.79 Å². The monoisotopic (exact) mass is 296 g/mol. The van der Waals surface area contributed by atoms with E-state index in [9.17, 15) is 4.79 Å². The second kappa shape index (κ2) is 7.41. The highest BCUT2D eigenvalue weighted by molar-refractivity contribution is 6.00. The molecular formula is C18H20N2O2. The fourth-order valence-electron chi connectivity index (χ4n) is 2.12. The second-order valence-electron chi connectivity index (χ2n) is 5.15. The Morgan fingerprint density at radius 3 is 2.55 bits per heavy atom. The molecule has 0 aliphatic heterocycles. The van der Waals surface area contributed by atoms with Gasteiger partial charge >= 0.3 is 0 Å². The van der Waals surface area contributed by atoms with Gasteiger partial charge in [0.2, 0.25) is 0 Å². The topological polar surface area (TPSA) is 50.7 Å². The van der Waals surface area contributed by atoms with Crippen molar-refractivity contribution in [2.45, 2.75) is 20.8 Å². The molecule has 0 aromatic heterocycles. The van der Waals surface area contributed by atoms with Crippen LogP contribution in [0.3, 0.4) is 0 Å². The lowest BCUT2D eigenvalue weighted by molar-refractivity contribution is -0.123. The Morgan fingerprint density at radius 1 is 1.14 bits per heavy atom. The first-order chi connectivity index (χ1) is 10.6. The lowest BCUT2D eigenvalue weighted by Crippen LogP contribution is -2.25. The Kier molecular flexibility index (Phi) is 5.31. The predicted octanol–water partition coefficient (Wildman–Crippen LogP) is 3.22. The maximum Gasteiger partial charge on any atom is 0.277 e. The van der Waals surface area contributed by atoms with Crippen LogP contribution in [0.4, 0.5) is 0 Å². The molecule has 0 fully saturated rings. The van der Waals surface area contributed by atoms with Crippen LogP contribution in [0, 0.1) is 13.8 Å². The molecular weight excluding hydrogens is 276 g/mol. The van der Waals surface area contributed by atoms with Gasteiger partial charge in [0.25, 0.3) is 5.91 Å². The molecule has 0 aliphatic carbocycles. The van der Waals surface area contributed by atoms with Crippen LogP contribution in [0.2, 0.25) is 0 Å². The first-order valence-corrected chi connectivity index (χ1v) is 7.15. The summed E-state index contributed by atoms with van der Waals surface area (Å²) in [4.78, 5) is 11.7. The number of carbonyl (C=O) groups is 1. The molecule has 22 heavy (non-hydrogen) atoms. The fraction of sp³-hybridized carbons (Fsp3) is 0.222. The normalized spacial score (nSPS) is 11.1. The molecule has 0 saturated carbocycles. The van der Waals surface area contributed by atoms with Gasteiger partial charge in [-0.2, -0.15) is 5.10 Å². The number of carbonyl (C=O) groups excluding carboxylic acids is 1. The smallest absolute Gasteiger partial charge is 0.277 e. The summed E-state index contributed by atoms with van der Waals surface area (Å²) in [5.74, 6) is 0.376. The molecule has 0 bridgehead atoms. The number of amides is 1. The van der Waals surface area contributed by atoms with Crippen molar-refractivity contribution in [2.24, 2.45) is 5.10 Å². The summed E-state index contributed by atoms with van der Waals surface area (Å²) in [6, 6.07) is 15.3. The predicted molar refractivity (Wildman–Crippen MR) is 88.2 cm³/mol. The third-order valence-electron chi connectivity index (χ3n) is 3.23. The maximum absolute atomic E-state index is 11.7. The molecule has 1 amide bonds. The molecule has 0 heterocycles. The van der Waals surface area contributed by atoms with Crippen LogP contribution in [0.5, 0.6) is 5.75 Å². The van der Waals surface area contributed by atoms with E-state index in [0.29, 0.717) is 5.75 Å². The van der Waals surface area contributed by atoms with Gasteiger partial charge in [0.15, 0.2) is 6.61 Å². The van der Waals surface area contributed by atoms with E-state index in [1.807, 2.05) is 51.1 Å². The quantitative estimate of drug-likeness (QED) is 0.680. The maximum atomic E-state index is 11.7. The number of aryl methyl sites for hydroxylation is 2. The van der Waals surface area contributed by atoms with Gasteiger partial charge in [-0.05, 0) is 38.5 Å². The molecule has 4 nitrogen and oxygen atoms in total. The molecule has 0 atom stereocenters. The molecule has 2 aromatic carbocycles. The Hall–Kier alpha value is -2.62. The Bertz CT molecular complexity index is 679. The number of nitrogens with one attached hydrogen (secondary N) is 1. The van der Waals surface area contributed by atoms with Crippen LogP contribution < -0.4 is 10.2 Å². The lowest BCUT2D eigenvalue weighted by Gasteiger charge is -2.08. The molecule has 0 radical (unpaired) electrons. The lowest BCUT2D eigenvalue weighted by atomic mass is 10.0. The van der Waals surface area contributed by atoms with Gasteiger partial charge in [0.1, 0.15) is 5.75 Å². The van der Waals surface area contributed by atoms with E-state index in [0.717, 1.165) is 16.8 Å². The van der Waals surface area contributed by atoms with Crippen LogP contribution in [0.1, 0.15) is 23.6 Å². The van der Waals surface area contributed by atoms with Crippen LogP contribution >= 0.6 is 0 Å². The van der Waals surface area contributed by atoms with Crippen LogP contribution in [-0.4, -0.2) is 18.2 Å². The van der Waals surface area contributed by atoms with E-state index in [1.165, 1.54) is 5.56 Å². The summed E-state index contributed by atoms with van der Waals surface area (Å²) in [6.07, 6.45) is 0. The number of hydrogen-bond donors (Lipinski definition) is 1. The zero-order chi connectivity index (χ0) is 15.9. The van der Waals surface area contributed by atoms with E-state index in [4.69, 9.17) is 4.74 Å². The second-order valence-corrected chi connectivity index (χ2v) is 5.15. The highest BCUT2D eigenvalue weighted by Gasteiger charge is 2.05. The standard InChI is InChI=1S/C18H20N2O2/c1-13-9-10-17(14(2)11-13)15(3)19-20-18(21)12-22-16-7-5-4-6-8-16/h4-11H,12H2,1-3H3,(H,20,21)/b19-15+. The molecule has 2 aromatic rings. The zero-order valence-corrected chi connectivity index (χ0v) is 13.1. The molecule has 1 N–H and O–H groups in total. The highest BCUT2D eigenvalue weighted by atomic mass is 16.5. The van der Waals surface area contributed by atoms with Crippen LogP contribution in [0.15, 0.2) is 53.6 Å². The SMILES string of the molecule is C/C(=N\NC(=O)COc1ccccc1)c1ccc(C)cc1C. The average molecular weight is 296 g/mol. The third-order valence-corrected chi connectivity index (χ3v) is 3.23. The molecule has 0 spiro atoms. The van der Waals surface area contributed by atoms with Crippen molar-refractivity contribution in [1.29, 1.82) is 0 Å². The van der Waals surface area contributed by atoms with Gasteiger partial charge in [-0.1, -0.05) is 42.0 Å². The first-order valence-electron chi connectivity index (χ1n) is 7.15. The summed E-state index contributed by atoms with van der Waals surface area (Å²) in [7, 11) is 0. The van der Waals surface area contributed by atoms with Gasteiger partial charge in [-0.25, -0.2) is 5.43 Å². The highest BCUT2D eigenvalue weighted by Crippen LogP contribution is 2.11. The van der Waals surface area contributed by atoms with E-state index < -0.39 is 0 Å². The molecule has 0 unspecified atom stereocenters. The molecule has 0 aliphatic rings. The number of rotatable bonds is 5. The average Bonchev–Trinajstić information content (AvgIpc) is 2.51. The summed E-state index contributed by atoms with van der Waals surface area (Å²) < 4.78 is 5.36. The minimum atomic E-state index is -0.284. The Morgan fingerprint density at radius 2 is 1.86 bits per heavy atom. The van der Waals surface area contributed by atoms with E-state index in [2.05, 4.69) is 16.6 Å². The van der Waals surface area contributed by atoms with E-state index >= 15 is 0 Å². The Labute approximate surface area is 130 Å². The summed E-state index contributed by atoms with van der Waals surface area (Å²) in [6.45, 7) is 5.89. The van der Waals surface area contributed by atoms with Crippen LogP contribution in [-0.2, 0) is 4.79 Å². The van der Waals surface area contributed by atoms with E-state index in [-0.39, 0.29) is 12.5 Å². The third kappa shape index (κ3) is 4.45. The van der Waals surface area contributed by atoms with Crippen molar-refractivity contribution < 1.29 is 9.53 Å². The molecule has 2 rings (SSSR count). The number of nitrogens with zero attached hydrogens (tertiary/aromatic N) is 1. The van der Waals surface area contributed by atoms with Gasteiger partial charge in [0, 0.05) is 5.56 Å². The summed E-state index contributed by atoms with van der Waals surface area (Å²) in [5, 5.41) is 4.13. The van der Waals surface area contributed by atoms with Crippen molar-refractivity contribution in [3.63, 3.8) is 0 Å². The van der Waals surface area contributed by atoms with Crippen molar-refractivity contribution >= 4 is 11.6 Å². The van der Waals surface area contributed by atoms with Gasteiger partial charge in [0.05, 0.1) is 5.71 Å². The molecule has 0 saturated heterocycles. The zero-order valence-electron chi connectivity index (χ0n) is 13.1. The number of ether oxygens (including phenoxy) is 1. The first kappa shape index (κ1) is 15.8. The number of benzene rings is 2. The molecule has 4 heteroatoms.